The lowest BCUT2D eigenvalue weighted by molar-refractivity contribution is -0.161. The van der Waals surface area contributed by atoms with E-state index in [2.05, 4.69) is 47.8 Å². The largest absolute Gasteiger partial charge is 0.478 e. The summed E-state index contributed by atoms with van der Waals surface area (Å²) in [6.07, 6.45) is 0.530. The van der Waals surface area contributed by atoms with Crippen LogP contribution in [0.5, 0.6) is 0 Å². The number of phosphoric ester groups is 1. The van der Waals surface area contributed by atoms with Gasteiger partial charge in [0.05, 0.1) is 23.2 Å². The van der Waals surface area contributed by atoms with E-state index < -0.39 is 44.8 Å². The highest BCUT2D eigenvalue weighted by atomic mass is 32.1. The summed E-state index contributed by atoms with van der Waals surface area (Å²) in [4.78, 5) is 49.7. The number of urea groups is 1. The number of hydrogen-bond donors (Lipinski definition) is 3. The Kier molecular flexibility index (Phi) is 17.7. The van der Waals surface area contributed by atoms with E-state index in [1.165, 1.54) is 0 Å². The number of anilines is 3. The first kappa shape index (κ1) is 42.9. The molecule has 0 aliphatic heterocycles. The van der Waals surface area contributed by atoms with Gasteiger partial charge in [0.25, 0.3) is 0 Å². The average Bonchev–Trinajstić information content (AvgIpc) is 2.95. The lowest BCUT2D eigenvalue weighted by Crippen LogP contribution is -2.32. The number of aryl methyl sites for hydroxylation is 1. The molecule has 48 heavy (non-hydrogen) atoms. The van der Waals surface area contributed by atoms with E-state index in [-0.39, 0.29) is 25.8 Å². The van der Waals surface area contributed by atoms with E-state index in [0.29, 0.717) is 29.6 Å². The van der Waals surface area contributed by atoms with Gasteiger partial charge in [-0.05, 0) is 81.7 Å². The van der Waals surface area contributed by atoms with Gasteiger partial charge in [-0.1, -0.05) is 58.4 Å². The van der Waals surface area contributed by atoms with Crippen molar-refractivity contribution in [1.29, 1.82) is 0 Å². The molecule has 2 amide bonds. The summed E-state index contributed by atoms with van der Waals surface area (Å²) in [5.74, 6) is -0.814. The van der Waals surface area contributed by atoms with Gasteiger partial charge in [-0.2, -0.15) is 13.5 Å². The normalized spacial score (nSPS) is 13.2. The number of ether oxygens (including phenoxy) is 2. The molecule has 0 radical (unpaired) electrons. The summed E-state index contributed by atoms with van der Waals surface area (Å²) in [6.45, 7) is 17.3. The lowest BCUT2D eigenvalue weighted by Gasteiger charge is -2.31. The number of esters is 2. The smallest absolute Gasteiger partial charge is 0.438 e. The van der Waals surface area contributed by atoms with Gasteiger partial charge in [0.2, 0.25) is 13.6 Å². The summed E-state index contributed by atoms with van der Waals surface area (Å²) in [5.41, 5.74) is 3.21. The Balaban J connectivity index is 0.0000115. The van der Waals surface area contributed by atoms with E-state index in [9.17, 15) is 23.8 Å². The second-order valence-corrected chi connectivity index (χ2v) is 14.8. The van der Waals surface area contributed by atoms with Gasteiger partial charge in [-0.15, -0.1) is 0 Å². The third-order valence-electron chi connectivity index (χ3n) is 6.92. The third kappa shape index (κ3) is 15.4. The average molecular weight is 712 g/mol. The van der Waals surface area contributed by atoms with Crippen LogP contribution in [0.2, 0.25) is 0 Å². The molecule has 0 aliphatic rings. The van der Waals surface area contributed by atoms with Gasteiger partial charge in [-0.3, -0.25) is 9.59 Å². The summed E-state index contributed by atoms with van der Waals surface area (Å²) in [5, 5.41) is 5.91. The monoisotopic (exact) mass is 711 g/mol. The van der Waals surface area contributed by atoms with Crippen LogP contribution in [0.3, 0.4) is 0 Å². The Morgan fingerprint density at radius 3 is 1.98 bits per heavy atom. The highest BCUT2D eigenvalue weighted by Gasteiger charge is 2.27. The Labute approximate surface area is 292 Å². The van der Waals surface area contributed by atoms with Crippen molar-refractivity contribution in [2.45, 2.75) is 81.1 Å². The standard InChI is InChI=1S/C34H52N3O9P.H2S/c1-10-26(18-31(38)43-21-45-47(41,42)46-22-44-32(39)34(7,8)9)27-13-16-30(37(19-23(2)3)20-24(4)5)29(17-27)36-33(40)35-28-14-11-25(6)12-15-28;/h11-17,23-24,26H,10,18-22H2,1-9H3,(H,41,42)(H2,35,36,40);1H2/t26-;/m0./s1. The predicted octanol–water partition coefficient (Wildman–Crippen LogP) is 7.94. The zero-order valence-electron chi connectivity index (χ0n) is 29.6. The van der Waals surface area contributed by atoms with Crippen molar-refractivity contribution in [3.63, 3.8) is 0 Å². The highest BCUT2D eigenvalue weighted by molar-refractivity contribution is 7.59. The van der Waals surface area contributed by atoms with E-state index >= 15 is 0 Å². The summed E-state index contributed by atoms with van der Waals surface area (Å²) in [6, 6.07) is 12.9. The van der Waals surface area contributed by atoms with Crippen molar-refractivity contribution in [2.75, 3.05) is 42.2 Å². The molecule has 0 heterocycles. The molecule has 0 bridgehead atoms. The maximum atomic E-state index is 13.1. The number of carbonyl (C=O) groups excluding carboxylic acids is 3. The molecule has 0 saturated heterocycles. The maximum absolute atomic E-state index is 13.1. The van der Waals surface area contributed by atoms with Crippen LogP contribution in [0.4, 0.5) is 21.9 Å². The van der Waals surface area contributed by atoms with Crippen LogP contribution in [-0.2, 0) is 32.7 Å². The van der Waals surface area contributed by atoms with E-state index in [4.69, 9.17) is 14.0 Å². The van der Waals surface area contributed by atoms with E-state index in [1.807, 2.05) is 56.3 Å². The van der Waals surface area contributed by atoms with Crippen LogP contribution in [0, 0.1) is 24.2 Å². The topological polar surface area (TPSA) is 153 Å². The second-order valence-electron chi connectivity index (χ2n) is 13.4. The molecule has 0 aliphatic carbocycles. The van der Waals surface area contributed by atoms with Crippen molar-refractivity contribution in [2.24, 2.45) is 17.3 Å². The molecule has 0 spiro atoms. The summed E-state index contributed by atoms with van der Waals surface area (Å²) in [7, 11) is -4.65. The van der Waals surface area contributed by atoms with Gasteiger partial charge in [0.1, 0.15) is 0 Å². The molecule has 14 heteroatoms. The Morgan fingerprint density at radius 1 is 0.896 bits per heavy atom. The molecule has 0 aromatic heterocycles. The summed E-state index contributed by atoms with van der Waals surface area (Å²) < 4.78 is 31.3. The molecule has 12 nitrogen and oxygen atoms in total. The fraction of sp³-hybridized carbons (Fsp3) is 0.559. The van der Waals surface area contributed by atoms with Crippen LogP contribution in [0.25, 0.3) is 0 Å². The molecule has 0 fully saturated rings. The molecule has 2 rings (SSSR count). The van der Waals surface area contributed by atoms with Crippen molar-refractivity contribution < 1.29 is 42.4 Å². The van der Waals surface area contributed by atoms with Crippen LogP contribution in [-0.4, -0.2) is 49.5 Å². The predicted molar refractivity (Wildman–Crippen MR) is 194 cm³/mol. The number of amides is 2. The van der Waals surface area contributed by atoms with Crippen molar-refractivity contribution in [3.8, 4) is 0 Å². The van der Waals surface area contributed by atoms with Crippen molar-refractivity contribution in [1.82, 2.24) is 0 Å². The van der Waals surface area contributed by atoms with Crippen molar-refractivity contribution >= 4 is 56.4 Å². The second kappa shape index (κ2) is 19.8. The number of benzene rings is 2. The number of carbonyl (C=O) groups is 3. The zero-order chi connectivity index (χ0) is 35.4. The number of rotatable bonds is 17. The van der Waals surface area contributed by atoms with Crippen LogP contribution < -0.4 is 15.5 Å². The minimum atomic E-state index is -4.65. The Hall–Kier alpha value is -3.09. The molecular weight excluding hydrogens is 657 g/mol. The van der Waals surface area contributed by atoms with Crippen LogP contribution in [0.15, 0.2) is 42.5 Å². The molecule has 2 aromatic rings. The minimum absolute atomic E-state index is 0. The summed E-state index contributed by atoms with van der Waals surface area (Å²) >= 11 is 0. The molecule has 270 valence electrons. The third-order valence-corrected chi connectivity index (χ3v) is 7.78. The molecule has 3 N–H and O–H groups in total. The first-order valence-electron chi connectivity index (χ1n) is 15.9. The number of nitrogens with zero attached hydrogens (tertiary/aromatic N) is 1. The van der Waals surface area contributed by atoms with Gasteiger partial charge < -0.3 is 29.9 Å². The number of hydrogen-bond acceptors (Lipinski definition) is 9. The number of nitrogens with one attached hydrogen (secondary N) is 2. The first-order chi connectivity index (χ1) is 21.9. The fourth-order valence-electron chi connectivity index (χ4n) is 4.57. The molecule has 2 atom stereocenters. The Bertz CT molecular complexity index is 1370. The van der Waals surface area contributed by atoms with E-state index in [0.717, 1.165) is 29.9 Å². The molecular formula is C34H54N3O9PS. The van der Waals surface area contributed by atoms with Gasteiger partial charge in [0, 0.05) is 18.8 Å². The van der Waals surface area contributed by atoms with Gasteiger partial charge in [-0.25, -0.2) is 18.4 Å². The molecule has 1 unspecified atom stereocenters. The lowest BCUT2D eigenvalue weighted by atomic mass is 9.92. The quantitative estimate of drug-likeness (QED) is 0.0838. The zero-order valence-corrected chi connectivity index (χ0v) is 31.5. The number of phosphoric acid groups is 1. The van der Waals surface area contributed by atoms with Crippen molar-refractivity contribution in [3.05, 3.63) is 53.6 Å². The van der Waals surface area contributed by atoms with Crippen LogP contribution in [0.1, 0.15) is 85.3 Å². The van der Waals surface area contributed by atoms with Crippen LogP contribution >= 0.6 is 21.3 Å². The maximum Gasteiger partial charge on any atom is 0.478 e. The molecule has 2 aromatic carbocycles. The fourth-order valence-corrected chi connectivity index (χ4v) is 5.02. The minimum Gasteiger partial charge on any atom is -0.438 e. The Morgan fingerprint density at radius 2 is 1.46 bits per heavy atom. The van der Waals surface area contributed by atoms with Gasteiger partial charge in [0.15, 0.2) is 0 Å². The van der Waals surface area contributed by atoms with E-state index in [1.54, 1.807) is 20.8 Å². The SMILES string of the molecule is CC[C@@H](CC(=O)OCOP(=O)(O)OCOC(=O)C(C)(C)C)c1ccc(N(CC(C)C)CC(C)C)c(NC(=O)Nc2ccc(C)cc2)c1.S. The first-order valence-corrected chi connectivity index (χ1v) is 17.4. The van der Waals surface area contributed by atoms with Gasteiger partial charge >= 0.3 is 25.8 Å². The highest BCUT2D eigenvalue weighted by Crippen LogP contribution is 2.43. The molecule has 0 saturated carbocycles.